The number of hydrogen-bond donors (Lipinski definition) is 2. The van der Waals surface area contributed by atoms with Gasteiger partial charge in [-0.25, -0.2) is 9.37 Å². The Hall–Kier alpha value is -4.66. The topological polar surface area (TPSA) is 97.1 Å². The molecule has 8 nitrogen and oxygen atoms in total. The second kappa shape index (κ2) is 8.46. The van der Waals surface area contributed by atoms with Crippen LogP contribution >= 0.6 is 0 Å². The third-order valence-corrected chi connectivity index (χ3v) is 4.88. The molecule has 33 heavy (non-hydrogen) atoms. The number of rotatable bonds is 5. The van der Waals surface area contributed by atoms with Gasteiger partial charge in [0, 0.05) is 46.7 Å². The predicted octanol–water partition coefficient (Wildman–Crippen LogP) is 4.63. The van der Waals surface area contributed by atoms with Crippen LogP contribution in [0.25, 0.3) is 17.2 Å². The molecule has 162 valence electrons. The van der Waals surface area contributed by atoms with Gasteiger partial charge in [0.05, 0.1) is 0 Å². The van der Waals surface area contributed by atoms with Crippen molar-refractivity contribution in [3.05, 3.63) is 96.2 Å². The standard InChI is InChI=1S/C24H18FN7O/c1-15-13-21(32-24(27-15)30-22(31-32)17-3-2-12-26-14-17)28-19-8-4-16(5-9-19)23(33)29-20-10-6-18(25)7-11-20/h2-14,28H,1H3,(H,29,33). The first kappa shape index (κ1) is 20.3. The van der Waals surface area contributed by atoms with Gasteiger partial charge in [-0.15, -0.1) is 5.10 Å². The minimum absolute atomic E-state index is 0.285. The van der Waals surface area contributed by atoms with Gasteiger partial charge in [-0.2, -0.15) is 9.50 Å². The highest BCUT2D eigenvalue weighted by Crippen LogP contribution is 2.21. The van der Waals surface area contributed by atoms with E-state index in [1.165, 1.54) is 24.3 Å². The number of anilines is 3. The van der Waals surface area contributed by atoms with Crippen molar-refractivity contribution in [3.63, 3.8) is 0 Å². The highest BCUT2D eigenvalue weighted by molar-refractivity contribution is 6.04. The Balaban J connectivity index is 1.37. The Kier molecular flexibility index (Phi) is 5.19. The van der Waals surface area contributed by atoms with Gasteiger partial charge in [0.2, 0.25) is 0 Å². The molecule has 0 spiro atoms. The van der Waals surface area contributed by atoms with Crippen molar-refractivity contribution < 1.29 is 9.18 Å². The van der Waals surface area contributed by atoms with Crippen molar-refractivity contribution in [2.45, 2.75) is 6.92 Å². The molecule has 0 aliphatic carbocycles. The maximum Gasteiger partial charge on any atom is 0.255 e. The van der Waals surface area contributed by atoms with E-state index in [0.29, 0.717) is 28.7 Å². The van der Waals surface area contributed by atoms with Crippen LogP contribution in [0.5, 0.6) is 0 Å². The van der Waals surface area contributed by atoms with Gasteiger partial charge in [0.25, 0.3) is 11.7 Å². The van der Waals surface area contributed by atoms with Crippen molar-refractivity contribution in [3.8, 4) is 11.4 Å². The summed E-state index contributed by atoms with van der Waals surface area (Å²) in [5, 5.41) is 10.6. The van der Waals surface area contributed by atoms with E-state index in [2.05, 4.69) is 30.7 Å². The number of carbonyl (C=O) groups excluding carboxylic acids is 1. The van der Waals surface area contributed by atoms with Gasteiger partial charge in [-0.1, -0.05) is 0 Å². The third-order valence-electron chi connectivity index (χ3n) is 4.88. The number of aryl methyl sites for hydroxylation is 1. The number of nitrogens with one attached hydrogen (secondary N) is 2. The molecule has 1 amide bonds. The van der Waals surface area contributed by atoms with E-state index < -0.39 is 0 Å². The highest BCUT2D eigenvalue weighted by atomic mass is 19.1. The zero-order valence-electron chi connectivity index (χ0n) is 17.5. The molecule has 2 aromatic carbocycles. The second-order valence-electron chi connectivity index (χ2n) is 7.34. The smallest absolute Gasteiger partial charge is 0.255 e. The van der Waals surface area contributed by atoms with Gasteiger partial charge in [0.15, 0.2) is 5.82 Å². The Morgan fingerprint density at radius 3 is 2.45 bits per heavy atom. The van der Waals surface area contributed by atoms with Crippen LogP contribution < -0.4 is 10.6 Å². The highest BCUT2D eigenvalue weighted by Gasteiger charge is 2.12. The first-order valence-electron chi connectivity index (χ1n) is 10.1. The van der Waals surface area contributed by atoms with Crippen LogP contribution in [0.15, 0.2) is 79.1 Å². The summed E-state index contributed by atoms with van der Waals surface area (Å²) < 4.78 is 14.7. The maximum atomic E-state index is 13.0. The minimum Gasteiger partial charge on any atom is -0.340 e. The number of pyridine rings is 1. The molecule has 9 heteroatoms. The van der Waals surface area contributed by atoms with Crippen LogP contribution in [0.2, 0.25) is 0 Å². The van der Waals surface area contributed by atoms with Crippen LogP contribution in [0, 0.1) is 12.7 Å². The lowest BCUT2D eigenvalue weighted by Crippen LogP contribution is -2.11. The Bertz CT molecular complexity index is 1430. The third kappa shape index (κ3) is 4.38. The molecule has 3 heterocycles. The molecule has 0 saturated carbocycles. The quantitative estimate of drug-likeness (QED) is 0.414. The van der Waals surface area contributed by atoms with E-state index in [1.807, 2.05) is 25.1 Å². The summed E-state index contributed by atoms with van der Waals surface area (Å²) in [6.07, 6.45) is 3.39. The number of nitrogens with zero attached hydrogens (tertiary/aromatic N) is 5. The van der Waals surface area contributed by atoms with Crippen LogP contribution in [-0.4, -0.2) is 30.5 Å². The molecular formula is C24H18FN7O. The summed E-state index contributed by atoms with van der Waals surface area (Å²) in [5.41, 5.74) is 3.33. The molecule has 0 radical (unpaired) electrons. The number of carbonyl (C=O) groups is 1. The first-order valence-corrected chi connectivity index (χ1v) is 10.1. The molecular weight excluding hydrogens is 421 g/mol. The fourth-order valence-electron chi connectivity index (χ4n) is 3.28. The van der Waals surface area contributed by atoms with E-state index in [0.717, 1.165) is 16.9 Å². The van der Waals surface area contributed by atoms with E-state index in [9.17, 15) is 9.18 Å². The van der Waals surface area contributed by atoms with Crippen molar-refractivity contribution >= 4 is 28.9 Å². The number of benzene rings is 2. The zero-order chi connectivity index (χ0) is 22.8. The minimum atomic E-state index is -0.358. The Morgan fingerprint density at radius 2 is 1.73 bits per heavy atom. The van der Waals surface area contributed by atoms with Gasteiger partial charge in [-0.05, 0) is 67.6 Å². The lowest BCUT2D eigenvalue weighted by Gasteiger charge is -2.10. The van der Waals surface area contributed by atoms with E-state index in [1.54, 1.807) is 41.2 Å². The largest absolute Gasteiger partial charge is 0.340 e. The average Bonchev–Trinajstić information content (AvgIpc) is 3.26. The van der Waals surface area contributed by atoms with E-state index >= 15 is 0 Å². The van der Waals surface area contributed by atoms with Crippen LogP contribution in [0.4, 0.5) is 21.6 Å². The second-order valence-corrected chi connectivity index (χ2v) is 7.34. The molecule has 5 aromatic rings. The van der Waals surface area contributed by atoms with Crippen molar-refractivity contribution in [1.29, 1.82) is 0 Å². The molecule has 5 rings (SSSR count). The molecule has 0 aliphatic rings. The molecule has 0 bridgehead atoms. The first-order chi connectivity index (χ1) is 16.0. The summed E-state index contributed by atoms with van der Waals surface area (Å²) in [6.45, 7) is 1.88. The monoisotopic (exact) mass is 439 g/mol. The summed E-state index contributed by atoms with van der Waals surface area (Å²) in [6, 6.07) is 18.2. The number of fused-ring (bicyclic) bond motifs is 1. The van der Waals surface area contributed by atoms with Gasteiger partial charge < -0.3 is 10.6 Å². The van der Waals surface area contributed by atoms with Gasteiger partial charge in [-0.3, -0.25) is 9.78 Å². The lowest BCUT2D eigenvalue weighted by atomic mass is 10.2. The summed E-state index contributed by atoms with van der Waals surface area (Å²) in [4.78, 5) is 25.6. The summed E-state index contributed by atoms with van der Waals surface area (Å²) in [7, 11) is 0. The Morgan fingerprint density at radius 1 is 0.970 bits per heavy atom. The van der Waals surface area contributed by atoms with Crippen LogP contribution in [0.1, 0.15) is 16.1 Å². The molecule has 0 fully saturated rings. The molecule has 3 aromatic heterocycles. The number of amides is 1. The zero-order valence-corrected chi connectivity index (χ0v) is 17.5. The predicted molar refractivity (Wildman–Crippen MR) is 123 cm³/mol. The average molecular weight is 439 g/mol. The fraction of sp³-hybridized carbons (Fsp3) is 0.0417. The van der Waals surface area contributed by atoms with Crippen molar-refractivity contribution in [2.75, 3.05) is 10.6 Å². The number of aromatic nitrogens is 5. The van der Waals surface area contributed by atoms with Crippen LogP contribution in [0.3, 0.4) is 0 Å². The summed E-state index contributed by atoms with van der Waals surface area (Å²) >= 11 is 0. The molecule has 2 N–H and O–H groups in total. The fourth-order valence-corrected chi connectivity index (χ4v) is 3.28. The molecule has 0 unspecified atom stereocenters. The SMILES string of the molecule is Cc1cc(Nc2ccc(C(=O)Nc3ccc(F)cc3)cc2)n2nc(-c3cccnc3)nc2n1. The number of hydrogen-bond acceptors (Lipinski definition) is 6. The van der Waals surface area contributed by atoms with E-state index in [4.69, 9.17) is 0 Å². The number of halogens is 1. The maximum absolute atomic E-state index is 13.0. The van der Waals surface area contributed by atoms with E-state index in [-0.39, 0.29) is 11.7 Å². The van der Waals surface area contributed by atoms with Crippen molar-refractivity contribution in [1.82, 2.24) is 24.6 Å². The molecule has 0 saturated heterocycles. The Labute approximate surface area is 188 Å². The molecule has 0 aliphatic heterocycles. The van der Waals surface area contributed by atoms with Crippen LogP contribution in [-0.2, 0) is 0 Å². The molecule has 0 atom stereocenters. The lowest BCUT2D eigenvalue weighted by molar-refractivity contribution is 0.102. The van der Waals surface area contributed by atoms with Gasteiger partial charge >= 0.3 is 0 Å². The van der Waals surface area contributed by atoms with Crippen molar-refractivity contribution in [2.24, 2.45) is 0 Å². The normalized spacial score (nSPS) is 10.8. The summed E-state index contributed by atoms with van der Waals surface area (Å²) in [5.74, 6) is 1.03. The van der Waals surface area contributed by atoms with Gasteiger partial charge in [0.1, 0.15) is 11.6 Å².